The number of fused-ring (bicyclic) bond motifs is 1. The van der Waals surface area contributed by atoms with Crippen molar-refractivity contribution in [3.8, 4) is 5.75 Å². The standard InChI is InChI=1S/C27H23Cl2FN4O2/c1-4-20(28)25(31-3)18-13-16(2)33-26-17(18)7-5-9-24(26)36-15-19-21(29)10-11-32-23(19)14-34-12-6-8-22(30)27(34)35/h4-13H,14-15H2,1-3H3/b20-4+,31-25?. The van der Waals surface area contributed by atoms with E-state index in [9.17, 15) is 9.18 Å². The van der Waals surface area contributed by atoms with Crippen molar-refractivity contribution in [1.29, 1.82) is 0 Å². The van der Waals surface area contributed by atoms with Gasteiger partial charge < -0.3 is 9.30 Å². The van der Waals surface area contributed by atoms with Crippen molar-refractivity contribution in [2.75, 3.05) is 7.05 Å². The molecule has 1 aromatic carbocycles. The van der Waals surface area contributed by atoms with Crippen molar-refractivity contribution >= 4 is 39.8 Å². The van der Waals surface area contributed by atoms with Gasteiger partial charge in [-0.25, -0.2) is 9.37 Å². The summed E-state index contributed by atoms with van der Waals surface area (Å²) in [6.45, 7) is 3.86. The Morgan fingerprint density at radius 1 is 1.25 bits per heavy atom. The maximum Gasteiger partial charge on any atom is 0.286 e. The highest BCUT2D eigenvalue weighted by Crippen LogP contribution is 2.31. The summed E-state index contributed by atoms with van der Waals surface area (Å²) < 4.78 is 21.2. The predicted octanol–water partition coefficient (Wildman–Crippen LogP) is 6.08. The molecule has 184 valence electrons. The lowest BCUT2D eigenvalue weighted by Gasteiger charge is -2.16. The number of hydrogen-bond donors (Lipinski definition) is 0. The lowest BCUT2D eigenvalue weighted by molar-refractivity contribution is 0.307. The monoisotopic (exact) mass is 524 g/mol. The van der Waals surface area contributed by atoms with Crippen LogP contribution < -0.4 is 10.3 Å². The topological polar surface area (TPSA) is 69.4 Å². The van der Waals surface area contributed by atoms with Crippen LogP contribution in [-0.4, -0.2) is 27.3 Å². The van der Waals surface area contributed by atoms with E-state index in [4.69, 9.17) is 32.9 Å². The van der Waals surface area contributed by atoms with Crippen LogP contribution >= 0.6 is 23.2 Å². The molecule has 0 amide bonds. The van der Waals surface area contributed by atoms with Gasteiger partial charge in [-0.05, 0) is 44.2 Å². The Morgan fingerprint density at radius 3 is 2.81 bits per heavy atom. The van der Waals surface area contributed by atoms with Crippen molar-refractivity contribution in [2.45, 2.75) is 27.0 Å². The molecule has 9 heteroatoms. The number of para-hydroxylation sites is 1. The van der Waals surface area contributed by atoms with E-state index in [1.165, 1.54) is 23.0 Å². The number of benzene rings is 1. The summed E-state index contributed by atoms with van der Waals surface area (Å²) in [5.41, 5.74) is 3.29. The number of allylic oxidation sites excluding steroid dienone is 2. The Kier molecular flexibility index (Phi) is 7.82. The Balaban J connectivity index is 1.72. The van der Waals surface area contributed by atoms with Gasteiger partial charge in [0.25, 0.3) is 5.56 Å². The summed E-state index contributed by atoms with van der Waals surface area (Å²) in [7, 11) is 1.69. The molecule has 0 bridgehead atoms. The molecule has 36 heavy (non-hydrogen) atoms. The van der Waals surface area contributed by atoms with Gasteiger partial charge in [0, 0.05) is 41.6 Å². The number of halogens is 3. The van der Waals surface area contributed by atoms with E-state index in [1.54, 1.807) is 19.2 Å². The number of rotatable bonds is 7. The molecule has 0 aliphatic rings. The number of nitrogens with zero attached hydrogens (tertiary/aromatic N) is 4. The summed E-state index contributed by atoms with van der Waals surface area (Å²) in [5, 5.41) is 1.80. The first-order valence-electron chi connectivity index (χ1n) is 11.1. The Hall–Kier alpha value is -3.55. The molecule has 4 rings (SSSR count). The number of ether oxygens (including phenoxy) is 1. The molecule has 3 heterocycles. The second-order valence-corrected chi connectivity index (χ2v) is 8.78. The molecule has 0 fully saturated rings. The third kappa shape index (κ3) is 5.17. The number of pyridine rings is 3. The number of aryl methyl sites for hydroxylation is 1. The Morgan fingerprint density at radius 2 is 2.06 bits per heavy atom. The molecular formula is C27H23Cl2FN4O2. The molecule has 6 nitrogen and oxygen atoms in total. The summed E-state index contributed by atoms with van der Waals surface area (Å²) in [6.07, 6.45) is 4.83. The van der Waals surface area contributed by atoms with Crippen LogP contribution in [0.3, 0.4) is 0 Å². The van der Waals surface area contributed by atoms with Crippen molar-refractivity contribution < 1.29 is 9.13 Å². The van der Waals surface area contributed by atoms with Gasteiger partial charge in [-0.1, -0.05) is 41.4 Å². The Labute approximate surface area is 217 Å². The van der Waals surface area contributed by atoms with Crippen LogP contribution in [0.25, 0.3) is 10.9 Å². The first kappa shape index (κ1) is 25.5. The quantitative estimate of drug-likeness (QED) is 0.274. The highest BCUT2D eigenvalue weighted by molar-refractivity contribution is 6.47. The maximum atomic E-state index is 13.8. The van der Waals surface area contributed by atoms with E-state index in [0.717, 1.165) is 22.7 Å². The minimum Gasteiger partial charge on any atom is -0.486 e. The van der Waals surface area contributed by atoms with Gasteiger partial charge in [0.05, 0.1) is 28.0 Å². The zero-order chi connectivity index (χ0) is 25.8. The molecule has 0 N–H and O–H groups in total. The highest BCUT2D eigenvalue weighted by Gasteiger charge is 2.17. The maximum absolute atomic E-state index is 13.8. The molecule has 0 saturated heterocycles. The van der Waals surface area contributed by atoms with Gasteiger partial charge in [-0.3, -0.25) is 14.8 Å². The fourth-order valence-corrected chi connectivity index (χ4v) is 4.30. The van der Waals surface area contributed by atoms with Gasteiger partial charge in [-0.15, -0.1) is 0 Å². The molecule has 4 aromatic rings. The molecule has 0 atom stereocenters. The van der Waals surface area contributed by atoms with Gasteiger partial charge in [-0.2, -0.15) is 0 Å². The Bertz CT molecular complexity index is 1560. The van der Waals surface area contributed by atoms with Crippen LogP contribution in [0, 0.1) is 12.7 Å². The second-order valence-electron chi connectivity index (χ2n) is 7.97. The van der Waals surface area contributed by atoms with Crippen LogP contribution in [0.1, 0.15) is 29.4 Å². The third-order valence-electron chi connectivity index (χ3n) is 5.64. The van der Waals surface area contributed by atoms with E-state index >= 15 is 0 Å². The molecule has 0 aliphatic heterocycles. The molecule has 0 saturated carbocycles. The van der Waals surface area contributed by atoms with E-state index in [1.807, 2.05) is 38.1 Å². The number of hydrogen-bond acceptors (Lipinski definition) is 5. The number of aromatic nitrogens is 3. The fourth-order valence-electron chi connectivity index (χ4n) is 3.90. The van der Waals surface area contributed by atoms with E-state index in [0.29, 0.717) is 38.3 Å². The zero-order valence-corrected chi connectivity index (χ0v) is 21.4. The van der Waals surface area contributed by atoms with Crippen LogP contribution in [0.2, 0.25) is 5.02 Å². The molecule has 0 unspecified atom stereocenters. The van der Waals surface area contributed by atoms with Crippen LogP contribution in [0.5, 0.6) is 5.75 Å². The largest absolute Gasteiger partial charge is 0.486 e. The minimum atomic E-state index is -0.835. The van der Waals surface area contributed by atoms with Crippen molar-refractivity contribution in [2.24, 2.45) is 4.99 Å². The SMILES string of the molecule is C/C=C(/Cl)C(=NC)c1cc(C)nc2c(OCc3c(Cl)ccnc3Cn3cccc(F)c3=O)cccc12. The normalized spacial score (nSPS) is 12.3. The average Bonchev–Trinajstić information content (AvgIpc) is 2.86. The van der Waals surface area contributed by atoms with Crippen LogP contribution in [0.4, 0.5) is 4.39 Å². The van der Waals surface area contributed by atoms with E-state index in [2.05, 4.69) is 9.98 Å². The van der Waals surface area contributed by atoms with Crippen molar-refractivity contribution in [1.82, 2.24) is 14.5 Å². The molecule has 0 aliphatic carbocycles. The van der Waals surface area contributed by atoms with E-state index < -0.39 is 11.4 Å². The second kappa shape index (κ2) is 11.0. The fraction of sp³-hybridized carbons (Fsp3) is 0.185. The van der Waals surface area contributed by atoms with Gasteiger partial charge in [0.15, 0.2) is 5.82 Å². The van der Waals surface area contributed by atoms with Crippen molar-refractivity contribution in [3.63, 3.8) is 0 Å². The number of aliphatic imine (C=N–C) groups is 1. The van der Waals surface area contributed by atoms with Crippen molar-refractivity contribution in [3.05, 3.63) is 110 Å². The molecule has 3 aromatic heterocycles. The van der Waals surface area contributed by atoms with Gasteiger partial charge in [0.2, 0.25) is 0 Å². The van der Waals surface area contributed by atoms with Gasteiger partial charge >= 0.3 is 0 Å². The lowest BCUT2D eigenvalue weighted by atomic mass is 10.0. The van der Waals surface area contributed by atoms with Gasteiger partial charge in [0.1, 0.15) is 17.9 Å². The summed E-state index contributed by atoms with van der Waals surface area (Å²) in [4.78, 5) is 25.6. The summed E-state index contributed by atoms with van der Waals surface area (Å²) >= 11 is 12.9. The first-order valence-corrected chi connectivity index (χ1v) is 11.9. The third-order valence-corrected chi connectivity index (χ3v) is 6.39. The van der Waals surface area contributed by atoms with Crippen LogP contribution in [-0.2, 0) is 13.2 Å². The summed E-state index contributed by atoms with van der Waals surface area (Å²) in [6, 6.07) is 11.8. The van der Waals surface area contributed by atoms with E-state index in [-0.39, 0.29) is 13.2 Å². The lowest BCUT2D eigenvalue weighted by Crippen LogP contribution is -2.23. The molecular weight excluding hydrogens is 502 g/mol. The average molecular weight is 525 g/mol. The molecule has 0 radical (unpaired) electrons. The van der Waals surface area contributed by atoms with Crippen LogP contribution in [0.15, 0.2) is 75.8 Å². The smallest absolute Gasteiger partial charge is 0.286 e. The minimum absolute atomic E-state index is 0.0467. The zero-order valence-electron chi connectivity index (χ0n) is 19.9. The summed E-state index contributed by atoms with van der Waals surface area (Å²) in [5.74, 6) is -0.295. The predicted molar refractivity (Wildman–Crippen MR) is 142 cm³/mol. The first-order chi connectivity index (χ1) is 17.3. The highest BCUT2D eigenvalue weighted by atomic mass is 35.5. The molecule has 0 spiro atoms.